The van der Waals surface area contributed by atoms with Crippen molar-refractivity contribution in [3.63, 3.8) is 0 Å². The molecule has 1 aromatic heterocycles. The minimum absolute atomic E-state index is 0.261. The summed E-state index contributed by atoms with van der Waals surface area (Å²) in [5.41, 5.74) is 6.59. The van der Waals surface area contributed by atoms with E-state index in [9.17, 15) is 4.79 Å². The number of nitrogens with one attached hydrogen (secondary N) is 1. The molecule has 1 aliphatic rings. The third-order valence-electron chi connectivity index (χ3n) is 6.79. The number of hydrogen-bond donors (Lipinski definition) is 1. The van der Waals surface area contributed by atoms with Gasteiger partial charge in [0.2, 0.25) is 6.73 Å². The van der Waals surface area contributed by atoms with Crippen molar-refractivity contribution < 1.29 is 14.1 Å². The number of benzene rings is 3. The van der Waals surface area contributed by atoms with E-state index < -0.39 is 0 Å². The summed E-state index contributed by atoms with van der Waals surface area (Å²) in [6, 6.07) is 23.1. The van der Waals surface area contributed by atoms with Crippen molar-refractivity contribution in [1.29, 1.82) is 0 Å². The van der Waals surface area contributed by atoms with Crippen LogP contribution >= 0.6 is 0 Å². The summed E-state index contributed by atoms with van der Waals surface area (Å²) >= 11 is 0. The van der Waals surface area contributed by atoms with E-state index in [2.05, 4.69) is 37.3 Å². The molecule has 4 aromatic rings. The third-order valence-corrected chi connectivity index (χ3v) is 6.79. The van der Waals surface area contributed by atoms with Gasteiger partial charge >= 0.3 is 5.63 Å². The molecule has 0 saturated heterocycles. The highest BCUT2D eigenvalue weighted by molar-refractivity contribution is 5.87. The molecule has 2 heterocycles. The highest BCUT2D eigenvalue weighted by Gasteiger charge is 2.29. The molecule has 0 bridgehead atoms. The molecule has 4 heteroatoms. The van der Waals surface area contributed by atoms with Crippen LogP contribution in [0, 0.1) is 13.8 Å². The van der Waals surface area contributed by atoms with Gasteiger partial charge in [-0.15, -0.1) is 0 Å². The summed E-state index contributed by atoms with van der Waals surface area (Å²) in [6.45, 7) is 7.73. The monoisotopic (exact) mass is 426 g/mol. The number of aryl methyl sites for hydroxylation is 2. The second-order valence-corrected chi connectivity index (χ2v) is 8.78. The van der Waals surface area contributed by atoms with E-state index in [1.807, 2.05) is 50.2 Å². The standard InChI is InChI=1S/C28H27NO3/c1-18-24-15-23-16-29(20(3)22-12-8-5-9-13-22)17-31-26(23)19(2)27(24)32-28(30)25(18)14-21-10-6-4-7-11-21/h4-13,15,20H,14,16-17H2,1-3H3/p+1/t20-/m0/s1. The topological polar surface area (TPSA) is 43.9 Å². The van der Waals surface area contributed by atoms with Gasteiger partial charge in [0.1, 0.15) is 23.9 Å². The lowest BCUT2D eigenvalue weighted by molar-refractivity contribution is -0.960. The van der Waals surface area contributed by atoms with Crippen LogP contribution in [0.25, 0.3) is 11.0 Å². The van der Waals surface area contributed by atoms with Crippen LogP contribution < -0.4 is 15.3 Å². The fourth-order valence-electron chi connectivity index (χ4n) is 4.78. The SMILES string of the molecule is Cc1c(Cc2ccccc2)c(=O)oc2c(C)c3c(cc12)C[NH+]([C@@H](C)c1ccccc1)CO3. The number of quaternary nitrogens is 1. The van der Waals surface area contributed by atoms with E-state index >= 15 is 0 Å². The molecule has 0 fully saturated rings. The van der Waals surface area contributed by atoms with Gasteiger partial charge in [0.15, 0.2) is 0 Å². The van der Waals surface area contributed by atoms with Crippen molar-refractivity contribution in [2.45, 2.75) is 39.8 Å². The third kappa shape index (κ3) is 3.61. The minimum atomic E-state index is -0.261. The summed E-state index contributed by atoms with van der Waals surface area (Å²) in [5, 5.41) is 1.00. The molecule has 162 valence electrons. The predicted octanol–water partition coefficient (Wildman–Crippen LogP) is 4.50. The van der Waals surface area contributed by atoms with Gasteiger partial charge in [0.05, 0.1) is 0 Å². The van der Waals surface area contributed by atoms with Gasteiger partial charge < -0.3 is 9.15 Å². The molecule has 0 aliphatic carbocycles. The largest absolute Gasteiger partial charge is 0.444 e. The van der Waals surface area contributed by atoms with Crippen LogP contribution in [0.1, 0.15) is 46.3 Å². The van der Waals surface area contributed by atoms with Crippen molar-refractivity contribution >= 4 is 11.0 Å². The summed E-state index contributed by atoms with van der Waals surface area (Å²) in [4.78, 5) is 14.2. The maximum absolute atomic E-state index is 12.9. The van der Waals surface area contributed by atoms with Crippen LogP contribution in [0.5, 0.6) is 5.75 Å². The number of ether oxygens (including phenoxy) is 1. The van der Waals surface area contributed by atoms with Crippen molar-refractivity contribution in [3.8, 4) is 5.75 Å². The maximum atomic E-state index is 12.9. The Hall–Kier alpha value is -3.37. The first-order valence-corrected chi connectivity index (χ1v) is 11.2. The number of hydrogen-bond acceptors (Lipinski definition) is 3. The minimum Gasteiger partial charge on any atom is -0.444 e. The Morgan fingerprint density at radius 2 is 1.66 bits per heavy atom. The Bertz CT molecular complexity index is 1330. The fourth-order valence-corrected chi connectivity index (χ4v) is 4.78. The van der Waals surface area contributed by atoms with Gasteiger partial charge in [-0.25, -0.2) is 4.79 Å². The first-order valence-electron chi connectivity index (χ1n) is 11.2. The normalized spacial score (nSPS) is 16.4. The molecule has 2 atom stereocenters. The maximum Gasteiger partial charge on any atom is 0.340 e. The van der Waals surface area contributed by atoms with Gasteiger partial charge in [0, 0.05) is 34.1 Å². The molecule has 0 radical (unpaired) electrons. The molecular weight excluding hydrogens is 398 g/mol. The lowest BCUT2D eigenvalue weighted by Crippen LogP contribution is -3.12. The summed E-state index contributed by atoms with van der Waals surface area (Å²) < 4.78 is 12.1. The first kappa shape index (κ1) is 20.5. The summed E-state index contributed by atoms with van der Waals surface area (Å²) in [6.07, 6.45) is 0.569. The average Bonchev–Trinajstić information content (AvgIpc) is 2.83. The van der Waals surface area contributed by atoms with Crippen molar-refractivity contribution in [2.75, 3.05) is 6.73 Å². The Labute approximate surface area is 188 Å². The van der Waals surface area contributed by atoms with Gasteiger partial charge in [-0.2, -0.15) is 0 Å². The predicted molar refractivity (Wildman–Crippen MR) is 126 cm³/mol. The average molecular weight is 427 g/mol. The lowest BCUT2D eigenvalue weighted by atomic mass is 9.95. The van der Waals surface area contributed by atoms with Crippen molar-refractivity contribution in [2.24, 2.45) is 0 Å². The van der Waals surface area contributed by atoms with E-state index in [1.54, 1.807) is 0 Å². The van der Waals surface area contributed by atoms with Crippen molar-refractivity contribution in [3.05, 3.63) is 111 Å². The Morgan fingerprint density at radius 1 is 0.969 bits per heavy atom. The van der Waals surface area contributed by atoms with Gasteiger partial charge in [0.25, 0.3) is 0 Å². The molecule has 0 amide bonds. The van der Waals surface area contributed by atoms with Crippen LogP contribution in [-0.2, 0) is 13.0 Å². The highest BCUT2D eigenvalue weighted by atomic mass is 16.5. The molecule has 1 aliphatic heterocycles. The first-order chi connectivity index (χ1) is 15.5. The van der Waals surface area contributed by atoms with Crippen LogP contribution in [0.15, 0.2) is 75.9 Å². The molecule has 0 saturated carbocycles. The lowest BCUT2D eigenvalue weighted by Gasteiger charge is -2.32. The Balaban J connectivity index is 1.55. The molecule has 5 rings (SSSR count). The van der Waals surface area contributed by atoms with E-state index in [4.69, 9.17) is 9.15 Å². The zero-order valence-corrected chi connectivity index (χ0v) is 18.8. The fraction of sp³-hybridized carbons (Fsp3) is 0.250. The molecule has 1 N–H and O–H groups in total. The smallest absolute Gasteiger partial charge is 0.340 e. The molecule has 1 unspecified atom stereocenters. The zero-order chi connectivity index (χ0) is 22.2. The Morgan fingerprint density at radius 3 is 2.38 bits per heavy atom. The van der Waals surface area contributed by atoms with E-state index in [1.165, 1.54) is 16.0 Å². The van der Waals surface area contributed by atoms with E-state index in [-0.39, 0.29) is 5.63 Å². The quantitative estimate of drug-likeness (QED) is 0.489. The van der Waals surface area contributed by atoms with E-state index in [0.29, 0.717) is 24.8 Å². The van der Waals surface area contributed by atoms with Gasteiger partial charge in [-0.1, -0.05) is 60.7 Å². The second-order valence-electron chi connectivity index (χ2n) is 8.78. The van der Waals surface area contributed by atoms with Crippen LogP contribution in [0.4, 0.5) is 0 Å². The summed E-state index contributed by atoms with van der Waals surface area (Å²) in [7, 11) is 0. The molecule has 0 spiro atoms. The number of fused-ring (bicyclic) bond motifs is 2. The van der Waals surface area contributed by atoms with E-state index in [0.717, 1.165) is 39.9 Å². The molecule has 4 nitrogen and oxygen atoms in total. The second kappa shape index (κ2) is 8.29. The summed E-state index contributed by atoms with van der Waals surface area (Å²) in [5.74, 6) is 0.861. The Kier molecular flexibility index (Phi) is 5.32. The molecule has 32 heavy (non-hydrogen) atoms. The molecular formula is C28H28NO3+. The highest BCUT2D eigenvalue weighted by Crippen LogP contribution is 2.34. The molecule has 3 aromatic carbocycles. The van der Waals surface area contributed by atoms with Crippen LogP contribution in [0.2, 0.25) is 0 Å². The van der Waals surface area contributed by atoms with Crippen LogP contribution in [-0.4, -0.2) is 6.73 Å². The number of rotatable bonds is 4. The van der Waals surface area contributed by atoms with Gasteiger partial charge in [-0.3, -0.25) is 4.90 Å². The van der Waals surface area contributed by atoms with Crippen LogP contribution in [0.3, 0.4) is 0 Å². The van der Waals surface area contributed by atoms with Crippen molar-refractivity contribution in [1.82, 2.24) is 0 Å². The zero-order valence-electron chi connectivity index (χ0n) is 18.8. The van der Waals surface area contributed by atoms with Gasteiger partial charge in [-0.05, 0) is 38.0 Å².